The zero-order valence-corrected chi connectivity index (χ0v) is 8.01. The van der Waals surface area contributed by atoms with Gasteiger partial charge in [0.1, 0.15) is 5.82 Å². The standard InChI is InChI=1S/C11H12FNO/c1-7-2-3-9(12)8(6-7)10(14)11(13)4-5-11/h2-3,6H,4-5,13H2,1H3. The minimum absolute atomic E-state index is 0.130. The van der Waals surface area contributed by atoms with Crippen molar-refractivity contribution >= 4 is 5.78 Å². The van der Waals surface area contributed by atoms with Gasteiger partial charge < -0.3 is 5.73 Å². The number of nitrogens with two attached hydrogens (primary N) is 1. The Labute approximate surface area is 81.9 Å². The van der Waals surface area contributed by atoms with Crippen molar-refractivity contribution in [2.45, 2.75) is 25.3 Å². The molecule has 0 amide bonds. The zero-order chi connectivity index (χ0) is 10.3. The van der Waals surface area contributed by atoms with Crippen LogP contribution in [0.4, 0.5) is 4.39 Å². The largest absolute Gasteiger partial charge is 0.319 e. The fraction of sp³-hybridized carbons (Fsp3) is 0.364. The predicted molar refractivity (Wildman–Crippen MR) is 51.6 cm³/mol. The molecule has 1 saturated carbocycles. The molecule has 3 heteroatoms. The number of ketones is 1. The number of benzene rings is 1. The normalized spacial score (nSPS) is 17.9. The number of hydrogen-bond donors (Lipinski definition) is 1. The topological polar surface area (TPSA) is 43.1 Å². The lowest BCUT2D eigenvalue weighted by Gasteiger charge is -2.08. The van der Waals surface area contributed by atoms with Crippen LogP contribution < -0.4 is 5.73 Å². The molecule has 0 atom stereocenters. The summed E-state index contributed by atoms with van der Waals surface area (Å²) in [7, 11) is 0. The highest BCUT2D eigenvalue weighted by molar-refractivity contribution is 6.05. The fourth-order valence-electron chi connectivity index (χ4n) is 1.44. The van der Waals surface area contributed by atoms with E-state index in [0.717, 1.165) is 5.56 Å². The van der Waals surface area contributed by atoms with Crippen molar-refractivity contribution < 1.29 is 9.18 Å². The second-order valence-electron chi connectivity index (χ2n) is 3.97. The second kappa shape index (κ2) is 2.89. The van der Waals surface area contributed by atoms with Gasteiger partial charge in [-0.3, -0.25) is 4.79 Å². The molecule has 1 fully saturated rings. The number of halogens is 1. The third kappa shape index (κ3) is 1.44. The summed E-state index contributed by atoms with van der Waals surface area (Å²) in [6, 6.07) is 4.51. The Hall–Kier alpha value is -1.22. The van der Waals surface area contributed by atoms with Crippen molar-refractivity contribution in [2.24, 2.45) is 5.73 Å². The van der Waals surface area contributed by atoms with Gasteiger partial charge in [-0.1, -0.05) is 11.6 Å². The molecule has 0 heterocycles. The van der Waals surface area contributed by atoms with Gasteiger partial charge in [0.2, 0.25) is 0 Å². The number of Topliss-reactive ketones (excluding diaryl/α,β-unsaturated/α-hetero) is 1. The summed E-state index contributed by atoms with van der Waals surface area (Å²) in [6.07, 6.45) is 1.33. The van der Waals surface area contributed by atoms with E-state index in [1.54, 1.807) is 12.1 Å². The van der Waals surface area contributed by atoms with Crippen LogP contribution in [0.5, 0.6) is 0 Å². The van der Waals surface area contributed by atoms with Gasteiger partial charge in [0, 0.05) is 0 Å². The van der Waals surface area contributed by atoms with E-state index in [4.69, 9.17) is 5.73 Å². The Bertz CT molecular complexity index is 396. The van der Waals surface area contributed by atoms with E-state index in [1.165, 1.54) is 6.07 Å². The summed E-state index contributed by atoms with van der Waals surface area (Å²) < 4.78 is 13.3. The summed E-state index contributed by atoms with van der Waals surface area (Å²) >= 11 is 0. The molecule has 0 spiro atoms. The predicted octanol–water partition coefficient (Wildman–Crippen LogP) is 1.81. The quantitative estimate of drug-likeness (QED) is 0.728. The van der Waals surface area contributed by atoms with Gasteiger partial charge in [-0.25, -0.2) is 4.39 Å². The van der Waals surface area contributed by atoms with Crippen LogP contribution >= 0.6 is 0 Å². The average molecular weight is 193 g/mol. The molecule has 0 bridgehead atoms. The van der Waals surface area contributed by atoms with E-state index in [0.29, 0.717) is 12.8 Å². The van der Waals surface area contributed by atoms with Crippen LogP contribution in [0, 0.1) is 12.7 Å². The third-order valence-corrected chi connectivity index (χ3v) is 2.61. The first-order chi connectivity index (χ1) is 6.53. The first-order valence-corrected chi connectivity index (χ1v) is 4.63. The molecule has 1 aromatic carbocycles. The highest BCUT2D eigenvalue weighted by Crippen LogP contribution is 2.36. The molecule has 1 aliphatic carbocycles. The van der Waals surface area contributed by atoms with E-state index in [1.807, 2.05) is 6.92 Å². The van der Waals surface area contributed by atoms with Crippen LogP contribution in [-0.2, 0) is 0 Å². The summed E-state index contributed by atoms with van der Waals surface area (Å²) in [5, 5.41) is 0. The van der Waals surface area contributed by atoms with Gasteiger partial charge >= 0.3 is 0 Å². The Morgan fingerprint density at radius 1 is 1.50 bits per heavy atom. The molecular formula is C11H12FNO. The molecule has 0 radical (unpaired) electrons. The molecule has 74 valence electrons. The van der Waals surface area contributed by atoms with Crippen LogP contribution in [0.1, 0.15) is 28.8 Å². The van der Waals surface area contributed by atoms with Crippen LogP contribution in [0.25, 0.3) is 0 Å². The number of carbonyl (C=O) groups excluding carboxylic acids is 1. The molecule has 2 N–H and O–H groups in total. The number of aryl methyl sites for hydroxylation is 1. The zero-order valence-electron chi connectivity index (χ0n) is 8.01. The van der Waals surface area contributed by atoms with Crippen molar-refractivity contribution in [1.82, 2.24) is 0 Å². The minimum atomic E-state index is -0.783. The van der Waals surface area contributed by atoms with E-state index in [2.05, 4.69) is 0 Å². The van der Waals surface area contributed by atoms with Gasteiger partial charge in [-0.15, -0.1) is 0 Å². The van der Waals surface area contributed by atoms with E-state index >= 15 is 0 Å². The lowest BCUT2D eigenvalue weighted by molar-refractivity contribution is 0.0945. The molecular weight excluding hydrogens is 181 g/mol. The molecule has 14 heavy (non-hydrogen) atoms. The Morgan fingerprint density at radius 2 is 2.14 bits per heavy atom. The molecule has 1 aromatic rings. The van der Waals surface area contributed by atoms with E-state index in [-0.39, 0.29) is 11.3 Å². The molecule has 2 nitrogen and oxygen atoms in total. The Morgan fingerprint density at radius 3 is 2.71 bits per heavy atom. The van der Waals surface area contributed by atoms with Crippen molar-refractivity contribution in [2.75, 3.05) is 0 Å². The second-order valence-corrected chi connectivity index (χ2v) is 3.97. The van der Waals surface area contributed by atoms with Crippen LogP contribution in [0.2, 0.25) is 0 Å². The molecule has 0 saturated heterocycles. The van der Waals surface area contributed by atoms with Crippen molar-refractivity contribution in [3.8, 4) is 0 Å². The molecule has 1 aliphatic rings. The maximum Gasteiger partial charge on any atom is 0.185 e. The fourth-order valence-corrected chi connectivity index (χ4v) is 1.44. The van der Waals surface area contributed by atoms with Crippen molar-refractivity contribution in [3.05, 3.63) is 35.1 Å². The number of carbonyl (C=O) groups is 1. The smallest absolute Gasteiger partial charge is 0.185 e. The monoisotopic (exact) mass is 193 g/mol. The SMILES string of the molecule is Cc1ccc(F)c(C(=O)C2(N)CC2)c1. The number of hydrogen-bond acceptors (Lipinski definition) is 2. The summed E-state index contributed by atoms with van der Waals surface area (Å²) in [4.78, 5) is 11.7. The van der Waals surface area contributed by atoms with Gasteiger partial charge in [0.05, 0.1) is 11.1 Å². The highest BCUT2D eigenvalue weighted by atomic mass is 19.1. The van der Waals surface area contributed by atoms with Crippen LogP contribution in [0.15, 0.2) is 18.2 Å². The summed E-state index contributed by atoms with van der Waals surface area (Å²) in [5.41, 5.74) is 5.95. The minimum Gasteiger partial charge on any atom is -0.319 e. The Kier molecular flexibility index (Phi) is 1.93. The maximum atomic E-state index is 13.3. The average Bonchev–Trinajstić information content (AvgIpc) is 2.88. The van der Waals surface area contributed by atoms with E-state index < -0.39 is 11.4 Å². The first-order valence-electron chi connectivity index (χ1n) is 4.63. The maximum absolute atomic E-state index is 13.3. The van der Waals surface area contributed by atoms with Crippen molar-refractivity contribution in [1.29, 1.82) is 0 Å². The number of rotatable bonds is 2. The Balaban J connectivity index is 2.40. The first kappa shape index (κ1) is 9.34. The third-order valence-electron chi connectivity index (χ3n) is 2.61. The van der Waals surface area contributed by atoms with Crippen LogP contribution in [-0.4, -0.2) is 11.3 Å². The molecule has 0 aromatic heterocycles. The molecule has 0 aliphatic heterocycles. The summed E-state index contributed by atoms with van der Waals surface area (Å²) in [6.45, 7) is 1.83. The summed E-state index contributed by atoms with van der Waals surface area (Å²) in [5.74, 6) is -0.740. The van der Waals surface area contributed by atoms with Gasteiger partial charge in [0.15, 0.2) is 5.78 Å². The molecule has 0 unspecified atom stereocenters. The van der Waals surface area contributed by atoms with Gasteiger partial charge in [-0.2, -0.15) is 0 Å². The van der Waals surface area contributed by atoms with Crippen LogP contribution in [0.3, 0.4) is 0 Å². The highest BCUT2D eigenvalue weighted by Gasteiger charge is 2.46. The van der Waals surface area contributed by atoms with Gasteiger partial charge in [-0.05, 0) is 31.9 Å². The lowest BCUT2D eigenvalue weighted by Crippen LogP contribution is -2.33. The van der Waals surface area contributed by atoms with Gasteiger partial charge in [0.25, 0.3) is 0 Å². The lowest BCUT2D eigenvalue weighted by atomic mass is 10.0. The van der Waals surface area contributed by atoms with E-state index in [9.17, 15) is 9.18 Å². The molecule has 2 rings (SSSR count). The van der Waals surface area contributed by atoms with Crippen molar-refractivity contribution in [3.63, 3.8) is 0 Å².